The number of hydrogen-bond acceptors (Lipinski definition) is 1. The highest BCUT2D eigenvalue weighted by Crippen LogP contribution is 2.39. The second-order valence-electron chi connectivity index (χ2n) is 4.85. The molecule has 19 heavy (non-hydrogen) atoms. The fourth-order valence-electron chi connectivity index (χ4n) is 2.94. The van der Waals surface area contributed by atoms with E-state index in [4.69, 9.17) is 0 Å². The smallest absolute Gasteiger partial charge is 0.133 e. The van der Waals surface area contributed by atoms with Crippen LogP contribution in [0.5, 0.6) is 0 Å². The van der Waals surface area contributed by atoms with Crippen molar-refractivity contribution in [3.8, 4) is 11.1 Å². The van der Waals surface area contributed by atoms with Crippen LogP contribution in [0.4, 0.5) is 8.78 Å². The summed E-state index contributed by atoms with van der Waals surface area (Å²) in [6.45, 7) is 0. The van der Waals surface area contributed by atoms with Crippen LogP contribution in [0, 0.1) is 11.6 Å². The Morgan fingerprint density at radius 2 is 1.74 bits per heavy atom. The molecule has 0 aliphatic heterocycles. The quantitative estimate of drug-likeness (QED) is 0.864. The topological polar surface area (TPSA) is 12.0 Å². The molecule has 1 nitrogen and oxygen atoms in total. The van der Waals surface area contributed by atoms with Gasteiger partial charge in [-0.2, -0.15) is 0 Å². The largest absolute Gasteiger partial charge is 0.313 e. The molecule has 0 bridgehead atoms. The van der Waals surface area contributed by atoms with Gasteiger partial charge in [0.2, 0.25) is 0 Å². The number of rotatable bonds is 2. The number of halogens is 2. The third kappa shape index (κ3) is 1.94. The Balaban J connectivity index is 2.20. The van der Waals surface area contributed by atoms with Crippen LogP contribution in [0.25, 0.3) is 11.1 Å². The minimum absolute atomic E-state index is 0.0936. The van der Waals surface area contributed by atoms with Crippen LogP contribution in [0.1, 0.15) is 23.6 Å². The van der Waals surface area contributed by atoms with E-state index in [1.165, 1.54) is 18.2 Å². The van der Waals surface area contributed by atoms with E-state index in [9.17, 15) is 8.78 Å². The summed E-state index contributed by atoms with van der Waals surface area (Å²) < 4.78 is 27.9. The molecule has 0 heterocycles. The van der Waals surface area contributed by atoms with Crippen LogP contribution >= 0.6 is 0 Å². The summed E-state index contributed by atoms with van der Waals surface area (Å²) in [6, 6.07) is 10.0. The lowest BCUT2D eigenvalue weighted by Crippen LogP contribution is -2.12. The van der Waals surface area contributed by atoms with Crippen molar-refractivity contribution in [1.82, 2.24) is 5.32 Å². The number of nitrogens with one attached hydrogen (secondary N) is 1. The summed E-state index contributed by atoms with van der Waals surface area (Å²) in [6.07, 6.45) is 1.82. The number of fused-ring (bicyclic) bond motifs is 1. The van der Waals surface area contributed by atoms with Crippen molar-refractivity contribution in [2.45, 2.75) is 18.9 Å². The lowest BCUT2D eigenvalue weighted by molar-refractivity contribution is 0.589. The Morgan fingerprint density at radius 1 is 1.05 bits per heavy atom. The summed E-state index contributed by atoms with van der Waals surface area (Å²) in [7, 11) is 1.91. The Kier molecular flexibility index (Phi) is 3.07. The van der Waals surface area contributed by atoms with Crippen molar-refractivity contribution in [3.63, 3.8) is 0 Å². The van der Waals surface area contributed by atoms with E-state index >= 15 is 0 Å². The zero-order valence-corrected chi connectivity index (χ0v) is 10.7. The number of benzene rings is 2. The Labute approximate surface area is 111 Å². The van der Waals surface area contributed by atoms with Crippen LogP contribution in [0.15, 0.2) is 36.4 Å². The minimum atomic E-state index is -0.499. The van der Waals surface area contributed by atoms with Gasteiger partial charge >= 0.3 is 0 Å². The zero-order chi connectivity index (χ0) is 13.4. The highest BCUT2D eigenvalue weighted by molar-refractivity contribution is 5.71. The van der Waals surface area contributed by atoms with Gasteiger partial charge in [-0.1, -0.05) is 24.3 Å². The maximum Gasteiger partial charge on any atom is 0.133 e. The molecule has 2 aromatic rings. The fourth-order valence-corrected chi connectivity index (χ4v) is 2.94. The molecule has 3 rings (SSSR count). The van der Waals surface area contributed by atoms with Crippen molar-refractivity contribution >= 4 is 0 Å². The molecule has 0 radical (unpaired) electrons. The molecule has 0 aromatic heterocycles. The molecular weight excluding hydrogens is 244 g/mol. The minimum Gasteiger partial charge on any atom is -0.313 e. The van der Waals surface area contributed by atoms with Crippen molar-refractivity contribution in [2.75, 3.05) is 7.05 Å². The lowest BCUT2D eigenvalue weighted by Gasteiger charge is -2.13. The summed E-state index contributed by atoms with van der Waals surface area (Å²) in [5.41, 5.74) is 3.00. The van der Waals surface area contributed by atoms with E-state index < -0.39 is 11.6 Å². The van der Waals surface area contributed by atoms with Gasteiger partial charge in [-0.25, -0.2) is 8.78 Å². The van der Waals surface area contributed by atoms with E-state index in [2.05, 4.69) is 5.32 Å². The maximum atomic E-state index is 13.9. The Morgan fingerprint density at radius 3 is 2.42 bits per heavy atom. The van der Waals surface area contributed by atoms with Gasteiger partial charge in [-0.15, -0.1) is 0 Å². The molecule has 1 atom stereocenters. The van der Waals surface area contributed by atoms with Crippen molar-refractivity contribution < 1.29 is 8.78 Å². The van der Waals surface area contributed by atoms with E-state index in [1.807, 2.05) is 19.2 Å². The molecule has 1 aliphatic rings. The van der Waals surface area contributed by atoms with Gasteiger partial charge in [0.15, 0.2) is 0 Å². The summed E-state index contributed by atoms with van der Waals surface area (Å²) in [4.78, 5) is 0. The maximum absolute atomic E-state index is 13.9. The molecule has 1 N–H and O–H groups in total. The van der Waals surface area contributed by atoms with Gasteiger partial charge in [0.25, 0.3) is 0 Å². The standard InChI is InChI=1S/C16H15F2N/c1-19-15-9-8-10-11(15)4-2-5-12(10)16-13(17)6-3-7-14(16)18/h2-7,15,19H,8-9H2,1H3. The normalized spacial score (nSPS) is 17.5. The molecule has 3 heteroatoms. The van der Waals surface area contributed by atoms with Crippen LogP contribution in [-0.2, 0) is 6.42 Å². The summed E-state index contributed by atoms with van der Waals surface area (Å²) >= 11 is 0. The van der Waals surface area contributed by atoms with E-state index in [1.54, 1.807) is 6.07 Å². The van der Waals surface area contributed by atoms with Gasteiger partial charge < -0.3 is 5.32 Å². The van der Waals surface area contributed by atoms with Gasteiger partial charge in [0.05, 0.1) is 5.56 Å². The van der Waals surface area contributed by atoms with Crippen LogP contribution in [-0.4, -0.2) is 7.05 Å². The summed E-state index contributed by atoms with van der Waals surface area (Å²) in [5.74, 6) is -0.998. The van der Waals surface area contributed by atoms with Crippen LogP contribution in [0.3, 0.4) is 0 Å². The zero-order valence-electron chi connectivity index (χ0n) is 10.7. The highest BCUT2D eigenvalue weighted by Gasteiger charge is 2.25. The third-order valence-electron chi connectivity index (χ3n) is 3.85. The van der Waals surface area contributed by atoms with Gasteiger partial charge in [-0.05, 0) is 48.7 Å². The average molecular weight is 259 g/mol. The SMILES string of the molecule is CNC1CCc2c(-c3c(F)cccc3F)cccc21. The predicted molar refractivity (Wildman–Crippen MR) is 71.9 cm³/mol. The van der Waals surface area contributed by atoms with E-state index in [0.29, 0.717) is 5.56 Å². The first-order chi connectivity index (χ1) is 9.22. The second-order valence-corrected chi connectivity index (χ2v) is 4.85. The molecule has 1 unspecified atom stereocenters. The van der Waals surface area contributed by atoms with Gasteiger partial charge in [-0.3, -0.25) is 0 Å². The molecule has 1 aliphatic carbocycles. The van der Waals surface area contributed by atoms with Crippen molar-refractivity contribution in [3.05, 3.63) is 59.2 Å². The van der Waals surface area contributed by atoms with Crippen molar-refractivity contribution in [1.29, 1.82) is 0 Å². The van der Waals surface area contributed by atoms with Crippen LogP contribution in [0.2, 0.25) is 0 Å². The monoisotopic (exact) mass is 259 g/mol. The van der Waals surface area contributed by atoms with E-state index in [0.717, 1.165) is 24.0 Å². The molecular formula is C16H15F2N. The van der Waals surface area contributed by atoms with Crippen molar-refractivity contribution in [2.24, 2.45) is 0 Å². The molecule has 98 valence electrons. The molecule has 2 aromatic carbocycles. The Bertz CT molecular complexity index is 602. The lowest BCUT2D eigenvalue weighted by atomic mass is 9.95. The molecule has 0 amide bonds. The average Bonchev–Trinajstić information content (AvgIpc) is 2.82. The molecule has 0 spiro atoms. The van der Waals surface area contributed by atoms with Gasteiger partial charge in [0.1, 0.15) is 11.6 Å². The number of hydrogen-bond donors (Lipinski definition) is 1. The fraction of sp³-hybridized carbons (Fsp3) is 0.250. The van der Waals surface area contributed by atoms with Gasteiger partial charge in [0, 0.05) is 6.04 Å². The Hall–Kier alpha value is -1.74. The first kappa shape index (κ1) is 12.3. The molecule has 0 fully saturated rings. The first-order valence-corrected chi connectivity index (χ1v) is 6.46. The third-order valence-corrected chi connectivity index (χ3v) is 3.85. The first-order valence-electron chi connectivity index (χ1n) is 6.46. The molecule has 0 saturated heterocycles. The molecule has 0 saturated carbocycles. The van der Waals surface area contributed by atoms with Crippen LogP contribution < -0.4 is 5.32 Å². The second kappa shape index (κ2) is 4.74. The highest BCUT2D eigenvalue weighted by atomic mass is 19.1. The van der Waals surface area contributed by atoms with E-state index in [-0.39, 0.29) is 11.6 Å². The predicted octanol–water partition coefficient (Wildman–Crippen LogP) is 3.84. The summed E-state index contributed by atoms with van der Waals surface area (Å²) in [5, 5.41) is 3.24.